The van der Waals surface area contributed by atoms with Gasteiger partial charge in [0, 0.05) is 22.3 Å². The van der Waals surface area contributed by atoms with Gasteiger partial charge in [0.15, 0.2) is 0 Å². The molecule has 0 saturated carbocycles. The first kappa shape index (κ1) is 16.6. The lowest BCUT2D eigenvalue weighted by molar-refractivity contribution is 0.538. The van der Waals surface area contributed by atoms with E-state index >= 15 is 0 Å². The summed E-state index contributed by atoms with van der Waals surface area (Å²) in [5.41, 5.74) is 1.54. The zero-order valence-corrected chi connectivity index (χ0v) is 14.5. The number of hydrogen-bond acceptors (Lipinski definition) is 3. The van der Waals surface area contributed by atoms with E-state index in [1.165, 1.54) is 28.4 Å². The molecule has 0 aliphatic carbocycles. The van der Waals surface area contributed by atoms with Crippen LogP contribution in [0.3, 0.4) is 0 Å². The van der Waals surface area contributed by atoms with Gasteiger partial charge in [-0.05, 0) is 13.0 Å². The van der Waals surface area contributed by atoms with Crippen LogP contribution in [0.2, 0.25) is 0 Å². The lowest BCUT2D eigenvalue weighted by Gasteiger charge is -2.18. The molecular weight excluding hydrogens is 252 g/mol. The summed E-state index contributed by atoms with van der Waals surface area (Å²) in [7, 11) is 0. The third kappa shape index (κ3) is 4.88. The SMILES string of the molecule is CCCCNCc1sc(C(C)(C)C)nc1C(C)(C)C. The molecule has 19 heavy (non-hydrogen) atoms. The summed E-state index contributed by atoms with van der Waals surface area (Å²) in [5.74, 6) is 0. The van der Waals surface area contributed by atoms with Gasteiger partial charge in [-0.1, -0.05) is 54.9 Å². The smallest absolute Gasteiger partial charge is 0.0985 e. The van der Waals surface area contributed by atoms with Crippen molar-refractivity contribution in [1.82, 2.24) is 10.3 Å². The van der Waals surface area contributed by atoms with E-state index in [1.54, 1.807) is 0 Å². The minimum Gasteiger partial charge on any atom is -0.312 e. The van der Waals surface area contributed by atoms with E-state index in [4.69, 9.17) is 4.98 Å². The molecule has 0 aromatic carbocycles. The quantitative estimate of drug-likeness (QED) is 0.797. The number of thiazole rings is 1. The molecule has 1 aromatic heterocycles. The van der Waals surface area contributed by atoms with E-state index in [2.05, 4.69) is 53.8 Å². The molecule has 2 nitrogen and oxygen atoms in total. The van der Waals surface area contributed by atoms with Crippen LogP contribution >= 0.6 is 11.3 Å². The summed E-state index contributed by atoms with van der Waals surface area (Å²) in [6.07, 6.45) is 2.49. The van der Waals surface area contributed by atoms with Gasteiger partial charge in [0.05, 0.1) is 10.7 Å². The Morgan fingerprint density at radius 2 is 1.68 bits per heavy atom. The van der Waals surface area contributed by atoms with Crippen molar-refractivity contribution in [2.24, 2.45) is 0 Å². The van der Waals surface area contributed by atoms with Gasteiger partial charge >= 0.3 is 0 Å². The predicted octanol–water partition coefficient (Wildman–Crippen LogP) is 4.63. The normalized spacial score (nSPS) is 13.0. The molecule has 1 N–H and O–H groups in total. The third-order valence-electron chi connectivity index (χ3n) is 3.04. The van der Waals surface area contributed by atoms with Crippen LogP contribution in [-0.4, -0.2) is 11.5 Å². The van der Waals surface area contributed by atoms with Crippen molar-refractivity contribution in [2.45, 2.75) is 78.7 Å². The minimum atomic E-state index is 0.127. The van der Waals surface area contributed by atoms with E-state index < -0.39 is 0 Å². The number of hydrogen-bond donors (Lipinski definition) is 1. The molecule has 3 heteroatoms. The molecule has 0 aliphatic heterocycles. The zero-order chi connectivity index (χ0) is 14.7. The molecule has 0 unspecified atom stereocenters. The molecular formula is C16H30N2S. The summed E-state index contributed by atoms with van der Waals surface area (Å²) in [4.78, 5) is 6.34. The number of rotatable bonds is 5. The lowest BCUT2D eigenvalue weighted by atomic mass is 9.90. The van der Waals surface area contributed by atoms with Gasteiger partial charge in [-0.25, -0.2) is 4.98 Å². The van der Waals surface area contributed by atoms with Crippen LogP contribution in [0.15, 0.2) is 0 Å². The summed E-state index contributed by atoms with van der Waals surface area (Å²) in [6.45, 7) is 17.8. The first-order chi connectivity index (χ1) is 8.66. The van der Waals surface area contributed by atoms with Crippen LogP contribution in [0, 0.1) is 0 Å². The molecule has 110 valence electrons. The number of nitrogens with one attached hydrogen (secondary N) is 1. The molecule has 1 heterocycles. The highest BCUT2D eigenvalue weighted by atomic mass is 32.1. The Bertz CT molecular complexity index is 394. The molecule has 0 radical (unpaired) electrons. The lowest BCUT2D eigenvalue weighted by Crippen LogP contribution is -2.19. The Kier molecular flexibility index (Phi) is 5.57. The van der Waals surface area contributed by atoms with Gasteiger partial charge in [-0.3, -0.25) is 0 Å². The second-order valence-electron chi connectivity index (χ2n) is 7.32. The maximum Gasteiger partial charge on any atom is 0.0985 e. The Labute approximate surface area is 123 Å². The largest absolute Gasteiger partial charge is 0.312 e. The van der Waals surface area contributed by atoms with E-state index in [0.29, 0.717) is 0 Å². The number of aromatic nitrogens is 1. The number of unbranched alkanes of at least 4 members (excludes halogenated alkanes) is 1. The molecule has 0 amide bonds. The summed E-state index contributed by atoms with van der Waals surface area (Å²) in [5, 5.41) is 4.80. The monoisotopic (exact) mass is 282 g/mol. The second kappa shape index (κ2) is 6.36. The van der Waals surface area contributed by atoms with Gasteiger partial charge in [-0.2, -0.15) is 0 Å². The van der Waals surface area contributed by atoms with Gasteiger partial charge < -0.3 is 5.32 Å². The van der Waals surface area contributed by atoms with Crippen molar-refractivity contribution < 1.29 is 0 Å². The van der Waals surface area contributed by atoms with Crippen molar-refractivity contribution in [3.8, 4) is 0 Å². The molecule has 0 aliphatic rings. The Morgan fingerprint density at radius 1 is 1.05 bits per heavy atom. The fourth-order valence-electron chi connectivity index (χ4n) is 1.88. The molecule has 0 bridgehead atoms. The van der Waals surface area contributed by atoms with Gasteiger partial charge in [0.2, 0.25) is 0 Å². The Hall–Kier alpha value is -0.410. The van der Waals surface area contributed by atoms with Gasteiger partial charge in [0.25, 0.3) is 0 Å². The van der Waals surface area contributed by atoms with Crippen LogP contribution in [0.5, 0.6) is 0 Å². The van der Waals surface area contributed by atoms with Crippen LogP contribution in [0.1, 0.15) is 76.9 Å². The topological polar surface area (TPSA) is 24.9 Å². The minimum absolute atomic E-state index is 0.127. The van der Waals surface area contributed by atoms with Crippen molar-refractivity contribution in [2.75, 3.05) is 6.54 Å². The maximum absolute atomic E-state index is 4.93. The van der Waals surface area contributed by atoms with Crippen LogP contribution < -0.4 is 5.32 Å². The molecule has 1 rings (SSSR count). The number of nitrogens with zero attached hydrogens (tertiary/aromatic N) is 1. The average molecular weight is 282 g/mol. The molecule has 0 saturated heterocycles. The van der Waals surface area contributed by atoms with Crippen LogP contribution in [0.25, 0.3) is 0 Å². The maximum atomic E-state index is 4.93. The standard InChI is InChI=1S/C16H30N2S/c1-8-9-10-17-11-12-13(15(2,3)4)18-14(19-12)16(5,6)7/h17H,8-11H2,1-7H3. The van der Waals surface area contributed by atoms with Gasteiger partial charge in [0.1, 0.15) is 0 Å². The van der Waals surface area contributed by atoms with Gasteiger partial charge in [-0.15, -0.1) is 11.3 Å². The van der Waals surface area contributed by atoms with E-state index in [0.717, 1.165) is 13.1 Å². The Balaban J connectivity index is 2.91. The Morgan fingerprint density at radius 3 is 2.16 bits per heavy atom. The highest BCUT2D eigenvalue weighted by Gasteiger charge is 2.27. The van der Waals surface area contributed by atoms with Crippen LogP contribution in [-0.2, 0) is 17.4 Å². The van der Waals surface area contributed by atoms with Crippen molar-refractivity contribution >= 4 is 11.3 Å². The van der Waals surface area contributed by atoms with Crippen molar-refractivity contribution in [3.05, 3.63) is 15.6 Å². The highest BCUT2D eigenvalue weighted by Crippen LogP contribution is 2.34. The van der Waals surface area contributed by atoms with Crippen LogP contribution in [0.4, 0.5) is 0 Å². The summed E-state index contributed by atoms with van der Waals surface area (Å²) < 4.78 is 0. The fraction of sp³-hybridized carbons (Fsp3) is 0.812. The second-order valence-corrected chi connectivity index (χ2v) is 8.40. The molecule has 0 spiro atoms. The fourth-order valence-corrected chi connectivity index (χ4v) is 3.18. The van der Waals surface area contributed by atoms with Crippen molar-refractivity contribution in [3.63, 3.8) is 0 Å². The third-order valence-corrected chi connectivity index (χ3v) is 4.52. The average Bonchev–Trinajstić information content (AvgIpc) is 2.67. The van der Waals surface area contributed by atoms with E-state index in [9.17, 15) is 0 Å². The zero-order valence-electron chi connectivity index (χ0n) is 13.7. The molecule has 1 aromatic rings. The van der Waals surface area contributed by atoms with Crippen molar-refractivity contribution in [1.29, 1.82) is 0 Å². The first-order valence-corrected chi connectivity index (χ1v) is 8.19. The predicted molar refractivity (Wildman–Crippen MR) is 86.1 cm³/mol. The first-order valence-electron chi connectivity index (χ1n) is 7.37. The molecule has 0 atom stereocenters. The van der Waals surface area contributed by atoms with E-state index in [1.807, 2.05) is 11.3 Å². The summed E-state index contributed by atoms with van der Waals surface area (Å²) >= 11 is 1.88. The highest BCUT2D eigenvalue weighted by molar-refractivity contribution is 7.11. The molecule has 0 fully saturated rings. The van der Waals surface area contributed by atoms with E-state index in [-0.39, 0.29) is 10.8 Å². The summed E-state index contributed by atoms with van der Waals surface area (Å²) in [6, 6.07) is 0.